The first kappa shape index (κ1) is 26.9. The number of para-hydroxylation sites is 1. The molecule has 0 spiro atoms. The first-order chi connectivity index (χ1) is 18.7. The Kier molecular flexibility index (Phi) is 7.72. The fourth-order valence-corrected chi connectivity index (χ4v) is 6.03. The molecule has 200 valence electrons. The molecule has 1 aliphatic rings. The number of nitrogens with zero attached hydrogens (tertiary/aromatic N) is 3. The Bertz CT molecular complexity index is 1540. The first-order valence-electron chi connectivity index (χ1n) is 12.3. The van der Waals surface area contributed by atoms with Crippen LogP contribution in [0.5, 0.6) is 0 Å². The van der Waals surface area contributed by atoms with E-state index in [4.69, 9.17) is 16.7 Å². The van der Waals surface area contributed by atoms with Gasteiger partial charge in [0, 0.05) is 28.8 Å². The van der Waals surface area contributed by atoms with Gasteiger partial charge in [-0.05, 0) is 32.0 Å². The molecule has 0 unspecified atom stereocenters. The van der Waals surface area contributed by atoms with E-state index in [9.17, 15) is 14.0 Å². The Morgan fingerprint density at radius 1 is 1.10 bits per heavy atom. The molecule has 4 aromatic rings. The van der Waals surface area contributed by atoms with Crippen LogP contribution < -0.4 is 10.2 Å². The second-order valence-corrected chi connectivity index (χ2v) is 10.9. The molecular formula is C29H25ClF2N4O2S. The molecule has 39 heavy (non-hydrogen) atoms. The summed E-state index contributed by atoms with van der Waals surface area (Å²) in [5.74, 6) is -1.87. The summed E-state index contributed by atoms with van der Waals surface area (Å²) in [7, 11) is 0. The molecule has 1 aromatic heterocycles. The van der Waals surface area contributed by atoms with E-state index >= 15 is 4.39 Å². The van der Waals surface area contributed by atoms with Gasteiger partial charge in [0.05, 0.1) is 27.4 Å². The third kappa shape index (κ3) is 5.42. The molecule has 0 fully saturated rings. The van der Waals surface area contributed by atoms with Gasteiger partial charge in [-0.1, -0.05) is 60.1 Å². The number of hydrogen-bond acceptors (Lipinski definition) is 4. The summed E-state index contributed by atoms with van der Waals surface area (Å²) in [4.78, 5) is 28.0. The van der Waals surface area contributed by atoms with Gasteiger partial charge in [-0.2, -0.15) is 5.10 Å². The fraction of sp³-hybridized carbons (Fsp3) is 0.207. The van der Waals surface area contributed by atoms with Gasteiger partial charge in [-0.15, -0.1) is 11.8 Å². The van der Waals surface area contributed by atoms with E-state index in [0.717, 1.165) is 11.6 Å². The molecule has 3 aromatic carbocycles. The maximum atomic E-state index is 15.3. The molecule has 1 atom stereocenters. The third-order valence-corrected chi connectivity index (χ3v) is 7.77. The van der Waals surface area contributed by atoms with Crippen molar-refractivity contribution in [2.45, 2.75) is 25.1 Å². The summed E-state index contributed by atoms with van der Waals surface area (Å²) in [6, 6.07) is 19.6. The van der Waals surface area contributed by atoms with Crippen LogP contribution >= 0.6 is 23.4 Å². The molecule has 1 N–H and O–H groups in total. The molecule has 0 saturated heterocycles. The quantitative estimate of drug-likeness (QED) is 0.303. The summed E-state index contributed by atoms with van der Waals surface area (Å²) in [6.45, 7) is 3.39. The van der Waals surface area contributed by atoms with E-state index in [1.165, 1.54) is 28.8 Å². The first-order valence-corrected chi connectivity index (χ1v) is 13.8. The smallest absolute Gasteiger partial charge is 0.240 e. The zero-order chi connectivity index (χ0) is 27.7. The fourth-order valence-electron chi connectivity index (χ4n) is 4.59. The maximum Gasteiger partial charge on any atom is 0.240 e. The van der Waals surface area contributed by atoms with E-state index in [1.807, 2.05) is 44.2 Å². The lowest BCUT2D eigenvalue weighted by Crippen LogP contribution is -2.44. The van der Waals surface area contributed by atoms with Crippen molar-refractivity contribution in [3.05, 3.63) is 101 Å². The molecule has 0 radical (unpaired) electrons. The highest BCUT2D eigenvalue weighted by Gasteiger charge is 2.38. The maximum absolute atomic E-state index is 15.3. The Labute approximate surface area is 234 Å². The number of benzene rings is 3. The number of carbonyl (C=O) groups excluding carboxylic acids is 2. The van der Waals surface area contributed by atoms with Crippen molar-refractivity contribution in [3.8, 4) is 16.9 Å². The van der Waals surface area contributed by atoms with Gasteiger partial charge in [0.25, 0.3) is 0 Å². The molecule has 2 heterocycles. The molecule has 1 aliphatic heterocycles. The normalized spacial score (nSPS) is 15.3. The third-order valence-electron chi connectivity index (χ3n) is 6.21. The number of halogens is 3. The minimum atomic E-state index is -0.735. The number of nitrogens with one attached hydrogen (secondary N) is 1. The summed E-state index contributed by atoms with van der Waals surface area (Å²) in [5, 5.41) is 7.39. The van der Waals surface area contributed by atoms with E-state index in [2.05, 4.69) is 5.32 Å². The molecule has 0 saturated carbocycles. The molecule has 5 rings (SSSR count). The highest BCUT2D eigenvalue weighted by molar-refractivity contribution is 8.00. The number of carbonyl (C=O) groups is 2. The second kappa shape index (κ2) is 11.2. The Hall–Kier alpha value is -3.69. The number of anilines is 1. The van der Waals surface area contributed by atoms with Gasteiger partial charge in [0.1, 0.15) is 24.0 Å². The van der Waals surface area contributed by atoms with Gasteiger partial charge in [-0.3, -0.25) is 14.5 Å². The highest BCUT2D eigenvalue weighted by Crippen LogP contribution is 2.49. The van der Waals surface area contributed by atoms with Crippen LogP contribution in [0.3, 0.4) is 0 Å². The van der Waals surface area contributed by atoms with Crippen LogP contribution in [0.4, 0.5) is 14.6 Å². The standard InChI is InChI=1S/C29H25ClF2N4O2S/c1-17(2)33-24(37)15-35-25(38)16-39-28(20-13-12-19(31)14-22(20)32)26-27(18-8-4-3-5-9-18)34-36(29(26)35)23-11-7-6-10-21(23)30/h3-14,17,28H,15-16H2,1-2H3,(H,33,37)/t28-/m0/s1. The summed E-state index contributed by atoms with van der Waals surface area (Å²) in [6.07, 6.45) is 0. The van der Waals surface area contributed by atoms with E-state index in [-0.39, 0.29) is 35.7 Å². The number of thioether (sulfide) groups is 1. The minimum absolute atomic E-state index is 0.0398. The summed E-state index contributed by atoms with van der Waals surface area (Å²) >= 11 is 7.80. The van der Waals surface area contributed by atoms with Crippen molar-refractivity contribution in [1.29, 1.82) is 0 Å². The van der Waals surface area contributed by atoms with Crippen LogP contribution in [0, 0.1) is 11.6 Å². The zero-order valence-electron chi connectivity index (χ0n) is 21.2. The molecule has 0 bridgehead atoms. The lowest BCUT2D eigenvalue weighted by Gasteiger charge is -2.24. The molecule has 10 heteroatoms. The largest absolute Gasteiger partial charge is 0.352 e. The van der Waals surface area contributed by atoms with E-state index in [0.29, 0.717) is 27.8 Å². The highest BCUT2D eigenvalue weighted by atomic mass is 35.5. The van der Waals surface area contributed by atoms with Gasteiger partial charge >= 0.3 is 0 Å². The average Bonchev–Trinajstić information content (AvgIpc) is 3.22. The van der Waals surface area contributed by atoms with Crippen LogP contribution in [0.2, 0.25) is 5.02 Å². The lowest BCUT2D eigenvalue weighted by molar-refractivity contribution is -0.123. The average molecular weight is 567 g/mol. The van der Waals surface area contributed by atoms with Crippen LogP contribution in [0.1, 0.15) is 30.2 Å². The lowest BCUT2D eigenvalue weighted by atomic mass is 9.99. The van der Waals surface area contributed by atoms with Crippen LogP contribution in [0.25, 0.3) is 16.9 Å². The molecule has 6 nitrogen and oxygen atoms in total. The van der Waals surface area contributed by atoms with Crippen molar-refractivity contribution < 1.29 is 18.4 Å². The summed E-state index contributed by atoms with van der Waals surface area (Å²) < 4.78 is 30.7. The van der Waals surface area contributed by atoms with E-state index < -0.39 is 16.9 Å². The number of aromatic nitrogens is 2. The number of amides is 2. The van der Waals surface area contributed by atoms with Crippen molar-refractivity contribution >= 4 is 41.0 Å². The van der Waals surface area contributed by atoms with Gasteiger partial charge in [-0.25, -0.2) is 13.5 Å². The Balaban J connectivity index is 1.83. The topological polar surface area (TPSA) is 67.2 Å². The molecular weight excluding hydrogens is 542 g/mol. The van der Waals surface area contributed by atoms with Crippen LogP contribution in [-0.4, -0.2) is 39.9 Å². The van der Waals surface area contributed by atoms with Crippen molar-refractivity contribution in [1.82, 2.24) is 15.1 Å². The van der Waals surface area contributed by atoms with Crippen LogP contribution in [-0.2, 0) is 9.59 Å². The predicted octanol–water partition coefficient (Wildman–Crippen LogP) is 6.16. The predicted molar refractivity (Wildman–Crippen MR) is 150 cm³/mol. The number of fused-ring (bicyclic) bond motifs is 1. The minimum Gasteiger partial charge on any atom is -0.352 e. The Morgan fingerprint density at radius 2 is 1.82 bits per heavy atom. The van der Waals surface area contributed by atoms with Crippen molar-refractivity contribution in [2.75, 3.05) is 17.2 Å². The number of hydrogen-bond donors (Lipinski definition) is 1. The monoisotopic (exact) mass is 566 g/mol. The van der Waals surface area contributed by atoms with Crippen molar-refractivity contribution in [3.63, 3.8) is 0 Å². The van der Waals surface area contributed by atoms with Crippen molar-refractivity contribution in [2.24, 2.45) is 0 Å². The van der Waals surface area contributed by atoms with E-state index in [1.54, 1.807) is 28.9 Å². The zero-order valence-corrected chi connectivity index (χ0v) is 22.8. The molecule has 2 amide bonds. The van der Waals surface area contributed by atoms with Crippen LogP contribution in [0.15, 0.2) is 72.8 Å². The second-order valence-electron chi connectivity index (χ2n) is 9.37. The molecule has 0 aliphatic carbocycles. The van der Waals surface area contributed by atoms with Gasteiger partial charge < -0.3 is 5.32 Å². The van der Waals surface area contributed by atoms with Gasteiger partial charge in [0.15, 0.2) is 0 Å². The Morgan fingerprint density at radius 3 is 2.51 bits per heavy atom. The summed E-state index contributed by atoms with van der Waals surface area (Å²) in [5.41, 5.74) is 2.45. The van der Waals surface area contributed by atoms with Gasteiger partial charge in [0.2, 0.25) is 11.8 Å². The SMILES string of the molecule is CC(C)NC(=O)CN1C(=O)CS[C@@H](c2ccc(F)cc2F)c2c(-c3ccccc3)nn(-c3ccccc3Cl)c21. The number of rotatable bonds is 6.